The molecule has 3 aromatic heterocycles. The smallest absolute Gasteiger partial charge is 0.262 e. The number of H-pyrrole nitrogens is 2. The molecule has 0 bridgehead atoms. The molecule has 0 saturated carbocycles. The molecule has 0 aliphatic heterocycles. The molecule has 0 radical (unpaired) electrons. The van der Waals surface area contributed by atoms with E-state index in [2.05, 4.69) is 30.1 Å². The molecule has 3 heterocycles. The molecule has 7 nitrogen and oxygen atoms in total. The summed E-state index contributed by atoms with van der Waals surface area (Å²) >= 11 is 0. The molecule has 7 heteroatoms. The van der Waals surface area contributed by atoms with Gasteiger partial charge in [0.1, 0.15) is 11.1 Å². The Morgan fingerprint density at radius 2 is 2.12 bits per heavy atom. The Morgan fingerprint density at radius 1 is 1.19 bits per heavy atom. The van der Waals surface area contributed by atoms with E-state index in [1.165, 1.54) is 18.6 Å². The second-order valence-corrected chi connectivity index (χ2v) is 3.14. The van der Waals surface area contributed by atoms with E-state index in [0.29, 0.717) is 22.6 Å². The molecule has 0 saturated heterocycles. The average molecular weight is 214 g/mol. The molecule has 0 spiro atoms. The molecule has 0 aromatic carbocycles. The van der Waals surface area contributed by atoms with Crippen LogP contribution in [0.15, 0.2) is 29.6 Å². The summed E-state index contributed by atoms with van der Waals surface area (Å²) < 4.78 is 0. The van der Waals surface area contributed by atoms with Gasteiger partial charge in [0.25, 0.3) is 5.56 Å². The van der Waals surface area contributed by atoms with Crippen LogP contribution in [-0.4, -0.2) is 30.1 Å². The number of rotatable bonds is 1. The van der Waals surface area contributed by atoms with Crippen LogP contribution in [0.1, 0.15) is 0 Å². The largest absolute Gasteiger partial charge is 0.304 e. The van der Waals surface area contributed by atoms with E-state index in [-0.39, 0.29) is 5.56 Å². The van der Waals surface area contributed by atoms with Crippen LogP contribution in [0.25, 0.3) is 22.6 Å². The Balaban J connectivity index is 2.30. The van der Waals surface area contributed by atoms with Crippen molar-refractivity contribution in [1.82, 2.24) is 30.1 Å². The van der Waals surface area contributed by atoms with E-state index in [4.69, 9.17) is 0 Å². The zero-order valence-corrected chi connectivity index (χ0v) is 8.01. The van der Waals surface area contributed by atoms with Crippen molar-refractivity contribution < 1.29 is 0 Å². The van der Waals surface area contributed by atoms with Crippen LogP contribution in [0.4, 0.5) is 0 Å². The SMILES string of the molecule is O=c1[nH]c(-c2cnccn2)nc2[nH]ncc12. The fraction of sp³-hybridized carbons (Fsp3) is 0. The lowest BCUT2D eigenvalue weighted by atomic mass is 10.4. The van der Waals surface area contributed by atoms with E-state index in [1.54, 1.807) is 6.20 Å². The van der Waals surface area contributed by atoms with Gasteiger partial charge in [0.05, 0.1) is 12.4 Å². The summed E-state index contributed by atoms with van der Waals surface area (Å²) in [6, 6.07) is 0. The molecule has 0 aliphatic carbocycles. The van der Waals surface area contributed by atoms with Gasteiger partial charge in [0, 0.05) is 12.4 Å². The molecule has 3 rings (SSSR count). The highest BCUT2D eigenvalue weighted by Gasteiger charge is 2.07. The fourth-order valence-electron chi connectivity index (χ4n) is 1.39. The highest BCUT2D eigenvalue weighted by atomic mass is 16.1. The van der Waals surface area contributed by atoms with Crippen LogP contribution in [0.5, 0.6) is 0 Å². The maximum Gasteiger partial charge on any atom is 0.262 e. The van der Waals surface area contributed by atoms with Crippen molar-refractivity contribution >= 4 is 11.0 Å². The third-order valence-corrected chi connectivity index (χ3v) is 2.13. The summed E-state index contributed by atoms with van der Waals surface area (Å²) in [4.78, 5) is 26.4. The number of nitrogens with zero attached hydrogens (tertiary/aromatic N) is 4. The van der Waals surface area contributed by atoms with E-state index >= 15 is 0 Å². The Morgan fingerprint density at radius 3 is 2.94 bits per heavy atom. The third-order valence-electron chi connectivity index (χ3n) is 2.13. The topological polar surface area (TPSA) is 100 Å². The van der Waals surface area contributed by atoms with Crippen molar-refractivity contribution in [1.29, 1.82) is 0 Å². The summed E-state index contributed by atoms with van der Waals surface area (Å²) in [6.07, 6.45) is 6.05. The first-order valence-electron chi connectivity index (χ1n) is 4.54. The maximum absolute atomic E-state index is 11.6. The first kappa shape index (κ1) is 8.72. The lowest BCUT2D eigenvalue weighted by molar-refractivity contribution is 1.07. The molecule has 78 valence electrons. The third kappa shape index (κ3) is 1.26. The van der Waals surface area contributed by atoms with Crippen LogP contribution in [0, 0.1) is 0 Å². The second kappa shape index (κ2) is 3.23. The van der Waals surface area contributed by atoms with Gasteiger partial charge in [-0.15, -0.1) is 0 Å². The minimum atomic E-state index is -0.251. The quantitative estimate of drug-likeness (QED) is 0.598. The van der Waals surface area contributed by atoms with Crippen LogP contribution < -0.4 is 5.56 Å². The van der Waals surface area contributed by atoms with Crippen molar-refractivity contribution in [2.45, 2.75) is 0 Å². The number of nitrogens with one attached hydrogen (secondary N) is 2. The second-order valence-electron chi connectivity index (χ2n) is 3.14. The predicted molar refractivity (Wildman–Crippen MR) is 55.5 cm³/mol. The van der Waals surface area contributed by atoms with Crippen LogP contribution in [0.2, 0.25) is 0 Å². The molecule has 0 amide bonds. The Kier molecular flexibility index (Phi) is 1.76. The molecular formula is C9H6N6O. The average Bonchev–Trinajstić information content (AvgIpc) is 2.79. The van der Waals surface area contributed by atoms with Gasteiger partial charge < -0.3 is 4.98 Å². The molecule has 0 unspecified atom stereocenters. The summed E-state index contributed by atoms with van der Waals surface area (Å²) in [5, 5.41) is 6.82. The Labute approximate surface area is 88.6 Å². The van der Waals surface area contributed by atoms with Crippen molar-refractivity contribution in [3.8, 4) is 11.5 Å². The van der Waals surface area contributed by atoms with E-state index in [0.717, 1.165) is 0 Å². The lowest BCUT2D eigenvalue weighted by Gasteiger charge is -1.97. The molecule has 0 atom stereocenters. The van der Waals surface area contributed by atoms with E-state index in [9.17, 15) is 4.79 Å². The monoisotopic (exact) mass is 214 g/mol. The normalized spacial score (nSPS) is 10.8. The van der Waals surface area contributed by atoms with Gasteiger partial charge in [-0.2, -0.15) is 5.10 Å². The minimum absolute atomic E-state index is 0.251. The van der Waals surface area contributed by atoms with Gasteiger partial charge in [-0.1, -0.05) is 0 Å². The number of fused-ring (bicyclic) bond motifs is 1. The number of hydrogen-bond donors (Lipinski definition) is 2. The van der Waals surface area contributed by atoms with Crippen LogP contribution >= 0.6 is 0 Å². The van der Waals surface area contributed by atoms with Gasteiger partial charge in [-0.3, -0.25) is 14.9 Å². The van der Waals surface area contributed by atoms with Crippen molar-refractivity contribution in [3.63, 3.8) is 0 Å². The van der Waals surface area contributed by atoms with Crippen molar-refractivity contribution in [2.75, 3.05) is 0 Å². The van der Waals surface area contributed by atoms with Crippen LogP contribution in [-0.2, 0) is 0 Å². The highest BCUT2D eigenvalue weighted by Crippen LogP contribution is 2.10. The van der Waals surface area contributed by atoms with Crippen LogP contribution in [0.3, 0.4) is 0 Å². The molecule has 16 heavy (non-hydrogen) atoms. The minimum Gasteiger partial charge on any atom is -0.304 e. The maximum atomic E-state index is 11.6. The highest BCUT2D eigenvalue weighted by molar-refractivity contribution is 5.74. The number of aromatic nitrogens is 6. The zero-order chi connectivity index (χ0) is 11.0. The van der Waals surface area contributed by atoms with Crippen molar-refractivity contribution in [3.05, 3.63) is 35.1 Å². The van der Waals surface area contributed by atoms with Gasteiger partial charge in [0.15, 0.2) is 11.5 Å². The first-order chi connectivity index (χ1) is 7.84. The fourth-order valence-corrected chi connectivity index (χ4v) is 1.39. The van der Waals surface area contributed by atoms with E-state index in [1.807, 2.05) is 0 Å². The predicted octanol–water partition coefficient (Wildman–Crippen LogP) is 0.103. The summed E-state index contributed by atoms with van der Waals surface area (Å²) in [7, 11) is 0. The standard InChI is InChI=1S/C9H6N6O/c16-9-5-3-12-15-7(5)13-8(14-9)6-4-10-1-2-11-6/h1-4H,(H2,12,13,14,15,16). The Bertz CT molecular complexity index is 686. The molecular weight excluding hydrogens is 208 g/mol. The number of aromatic amines is 2. The molecule has 0 fully saturated rings. The zero-order valence-electron chi connectivity index (χ0n) is 8.01. The van der Waals surface area contributed by atoms with Gasteiger partial charge >= 0.3 is 0 Å². The van der Waals surface area contributed by atoms with Gasteiger partial charge in [-0.25, -0.2) is 9.97 Å². The molecule has 2 N–H and O–H groups in total. The first-order valence-corrected chi connectivity index (χ1v) is 4.54. The molecule has 3 aromatic rings. The summed E-state index contributed by atoms with van der Waals surface area (Å²) in [5.41, 5.74) is 0.694. The summed E-state index contributed by atoms with van der Waals surface area (Å²) in [6.45, 7) is 0. The van der Waals surface area contributed by atoms with E-state index < -0.39 is 0 Å². The number of hydrogen-bond acceptors (Lipinski definition) is 5. The summed E-state index contributed by atoms with van der Waals surface area (Å²) in [5.74, 6) is 0.370. The van der Waals surface area contributed by atoms with Crippen molar-refractivity contribution in [2.24, 2.45) is 0 Å². The van der Waals surface area contributed by atoms with Gasteiger partial charge in [0.2, 0.25) is 0 Å². The lowest BCUT2D eigenvalue weighted by Crippen LogP contribution is -2.09. The van der Waals surface area contributed by atoms with Gasteiger partial charge in [-0.05, 0) is 0 Å². The Hall–Kier alpha value is -2.57. The molecule has 0 aliphatic rings.